The number of fused-ring (bicyclic) bond motifs is 2. The molecule has 0 amide bonds. The molecule has 0 spiro atoms. The molecule has 2 aromatic carbocycles. The van der Waals surface area contributed by atoms with Crippen LogP contribution >= 0.6 is 11.8 Å². The van der Waals surface area contributed by atoms with Gasteiger partial charge in [-0.1, -0.05) is 6.92 Å². The lowest BCUT2D eigenvalue weighted by atomic mass is 10.3. The summed E-state index contributed by atoms with van der Waals surface area (Å²) in [5.41, 5.74) is 1.66. The molecule has 3 aromatic rings. The van der Waals surface area contributed by atoms with E-state index in [0.717, 1.165) is 40.7 Å². The van der Waals surface area contributed by atoms with Gasteiger partial charge in [0, 0.05) is 24.5 Å². The molecule has 33 heavy (non-hydrogen) atoms. The number of imidazole rings is 1. The zero-order valence-corrected chi connectivity index (χ0v) is 20.2. The van der Waals surface area contributed by atoms with Gasteiger partial charge in [0.2, 0.25) is 10.0 Å². The van der Waals surface area contributed by atoms with Crippen molar-refractivity contribution >= 4 is 32.8 Å². The fourth-order valence-corrected chi connectivity index (χ4v) is 6.40. The molecular weight excluding hydrogens is 462 g/mol. The molecule has 176 valence electrons. The van der Waals surface area contributed by atoms with Gasteiger partial charge in [0.15, 0.2) is 11.5 Å². The van der Waals surface area contributed by atoms with Crippen LogP contribution in [0.15, 0.2) is 46.2 Å². The third kappa shape index (κ3) is 4.57. The molecule has 1 fully saturated rings. The van der Waals surface area contributed by atoms with E-state index in [0.29, 0.717) is 50.8 Å². The molecule has 2 aliphatic rings. The summed E-state index contributed by atoms with van der Waals surface area (Å²) in [5, 5.41) is 0. The molecule has 10 heteroatoms. The largest absolute Gasteiger partial charge is 0.486 e. The van der Waals surface area contributed by atoms with Crippen LogP contribution in [0.5, 0.6) is 11.5 Å². The minimum Gasteiger partial charge on any atom is -0.486 e. The van der Waals surface area contributed by atoms with E-state index >= 15 is 0 Å². The highest BCUT2D eigenvalue weighted by atomic mass is 32.2. The number of nitrogens with zero attached hydrogens (tertiary/aromatic N) is 3. The molecule has 8 nitrogen and oxygen atoms in total. The quantitative estimate of drug-likeness (QED) is 0.470. The number of hydrogen-bond donors (Lipinski definition) is 0. The Hall–Kier alpha value is -2.27. The molecule has 0 N–H and O–H groups in total. The predicted octanol–water partition coefficient (Wildman–Crippen LogP) is 3.53. The lowest BCUT2D eigenvalue weighted by Gasteiger charge is -2.26. The first-order valence-corrected chi connectivity index (χ1v) is 13.6. The van der Waals surface area contributed by atoms with Crippen LogP contribution in [0.4, 0.5) is 0 Å². The van der Waals surface area contributed by atoms with Crippen molar-refractivity contribution in [3.8, 4) is 11.5 Å². The topological polar surface area (TPSA) is 82.9 Å². The zero-order valence-electron chi connectivity index (χ0n) is 18.5. The summed E-state index contributed by atoms with van der Waals surface area (Å²) in [6.45, 7) is 5.68. The van der Waals surface area contributed by atoms with Crippen LogP contribution in [0.25, 0.3) is 11.0 Å². The molecule has 0 atom stereocenters. The van der Waals surface area contributed by atoms with E-state index in [1.807, 2.05) is 24.3 Å². The number of morpholine rings is 1. The number of aromatic nitrogens is 2. The van der Waals surface area contributed by atoms with Crippen LogP contribution in [0.3, 0.4) is 0 Å². The van der Waals surface area contributed by atoms with E-state index in [9.17, 15) is 8.42 Å². The van der Waals surface area contributed by atoms with Crippen molar-refractivity contribution in [1.29, 1.82) is 0 Å². The monoisotopic (exact) mass is 489 g/mol. The van der Waals surface area contributed by atoms with Crippen molar-refractivity contribution < 1.29 is 22.6 Å². The first-order valence-electron chi connectivity index (χ1n) is 11.2. The third-order valence-electron chi connectivity index (χ3n) is 5.74. The summed E-state index contributed by atoms with van der Waals surface area (Å²) in [6, 6.07) is 11.2. The normalized spacial score (nSPS) is 16.9. The highest BCUT2D eigenvalue weighted by molar-refractivity contribution is 7.98. The molecule has 0 bridgehead atoms. The van der Waals surface area contributed by atoms with Crippen molar-refractivity contribution in [3.05, 3.63) is 42.2 Å². The van der Waals surface area contributed by atoms with E-state index in [4.69, 9.17) is 19.2 Å². The Labute approximate surface area is 197 Å². The molecule has 1 saturated heterocycles. The maximum atomic E-state index is 13.1. The second-order valence-electron chi connectivity index (χ2n) is 7.94. The first kappa shape index (κ1) is 22.5. The van der Waals surface area contributed by atoms with E-state index in [-0.39, 0.29) is 4.90 Å². The second kappa shape index (κ2) is 9.54. The molecule has 1 aromatic heterocycles. The van der Waals surface area contributed by atoms with Gasteiger partial charge in [0.1, 0.15) is 19.0 Å². The van der Waals surface area contributed by atoms with E-state index in [2.05, 4.69) is 11.5 Å². The Morgan fingerprint density at radius 2 is 1.79 bits per heavy atom. The Morgan fingerprint density at radius 1 is 1.00 bits per heavy atom. The number of hydrogen-bond acceptors (Lipinski definition) is 7. The fourth-order valence-electron chi connectivity index (χ4n) is 4.10. The van der Waals surface area contributed by atoms with Crippen molar-refractivity contribution in [3.63, 3.8) is 0 Å². The standard InChI is InChI=1S/C23H27N3O5S2/c1-2-7-26-20-5-4-18(33(27,28)25-8-10-29-11-9-25)15-19(20)24-23(26)16-32-17-3-6-21-22(14-17)31-13-12-30-21/h3-6,14-15H,2,7-13,16H2,1H3. The Kier molecular flexibility index (Phi) is 6.51. The van der Waals surface area contributed by atoms with Gasteiger partial charge >= 0.3 is 0 Å². The van der Waals surface area contributed by atoms with Crippen LogP contribution in [0.2, 0.25) is 0 Å². The number of benzene rings is 2. The number of aryl methyl sites for hydroxylation is 1. The first-order chi connectivity index (χ1) is 16.1. The van der Waals surface area contributed by atoms with E-state index < -0.39 is 10.0 Å². The van der Waals surface area contributed by atoms with Gasteiger partial charge in [0.05, 0.1) is 34.9 Å². The van der Waals surface area contributed by atoms with E-state index in [1.165, 1.54) is 4.31 Å². The summed E-state index contributed by atoms with van der Waals surface area (Å²) in [5.74, 6) is 3.14. The van der Waals surface area contributed by atoms with Crippen LogP contribution in [-0.4, -0.2) is 61.8 Å². The molecule has 2 aliphatic heterocycles. The van der Waals surface area contributed by atoms with Crippen molar-refractivity contribution in [2.24, 2.45) is 0 Å². The fraction of sp³-hybridized carbons (Fsp3) is 0.435. The molecule has 0 unspecified atom stereocenters. The van der Waals surface area contributed by atoms with Gasteiger partial charge in [-0.05, 0) is 42.8 Å². The zero-order chi connectivity index (χ0) is 22.8. The van der Waals surface area contributed by atoms with Crippen LogP contribution in [0, 0.1) is 0 Å². The highest BCUT2D eigenvalue weighted by Crippen LogP contribution is 2.35. The molecule has 3 heterocycles. The summed E-state index contributed by atoms with van der Waals surface area (Å²) < 4.78 is 46.4. The maximum Gasteiger partial charge on any atom is 0.243 e. The summed E-state index contributed by atoms with van der Waals surface area (Å²) in [4.78, 5) is 6.19. The summed E-state index contributed by atoms with van der Waals surface area (Å²) in [7, 11) is -3.56. The SMILES string of the molecule is CCCn1c(CSc2ccc3c(c2)OCCO3)nc2cc(S(=O)(=O)N3CCOCC3)ccc21. The Bertz CT molecular complexity index is 1250. The molecular formula is C23H27N3O5S2. The smallest absolute Gasteiger partial charge is 0.243 e. The van der Waals surface area contributed by atoms with Gasteiger partial charge < -0.3 is 18.8 Å². The van der Waals surface area contributed by atoms with E-state index in [1.54, 1.807) is 23.9 Å². The minimum atomic E-state index is -3.56. The Balaban J connectivity index is 1.41. The van der Waals surface area contributed by atoms with Gasteiger partial charge in [-0.15, -0.1) is 11.8 Å². The van der Waals surface area contributed by atoms with Crippen molar-refractivity contribution in [2.75, 3.05) is 39.5 Å². The lowest BCUT2D eigenvalue weighted by Crippen LogP contribution is -2.40. The van der Waals surface area contributed by atoms with Gasteiger partial charge in [-0.25, -0.2) is 13.4 Å². The van der Waals surface area contributed by atoms with Gasteiger partial charge in [-0.2, -0.15) is 4.31 Å². The summed E-state index contributed by atoms with van der Waals surface area (Å²) >= 11 is 1.67. The van der Waals surface area contributed by atoms with Crippen LogP contribution in [0.1, 0.15) is 19.2 Å². The maximum absolute atomic E-state index is 13.1. The summed E-state index contributed by atoms with van der Waals surface area (Å²) in [6.07, 6.45) is 0.959. The molecule has 0 saturated carbocycles. The Morgan fingerprint density at radius 3 is 2.58 bits per heavy atom. The molecule has 0 radical (unpaired) electrons. The minimum absolute atomic E-state index is 0.282. The number of sulfonamides is 1. The lowest BCUT2D eigenvalue weighted by molar-refractivity contribution is 0.0730. The second-order valence-corrected chi connectivity index (χ2v) is 10.9. The van der Waals surface area contributed by atoms with Crippen LogP contribution in [-0.2, 0) is 27.1 Å². The number of rotatable bonds is 7. The predicted molar refractivity (Wildman–Crippen MR) is 127 cm³/mol. The van der Waals surface area contributed by atoms with Gasteiger partial charge in [-0.3, -0.25) is 0 Å². The highest BCUT2D eigenvalue weighted by Gasteiger charge is 2.27. The van der Waals surface area contributed by atoms with Crippen molar-refractivity contribution in [1.82, 2.24) is 13.9 Å². The van der Waals surface area contributed by atoms with Gasteiger partial charge in [0.25, 0.3) is 0 Å². The molecule has 5 rings (SSSR count). The number of thioether (sulfide) groups is 1. The average molecular weight is 490 g/mol. The average Bonchev–Trinajstić information content (AvgIpc) is 3.20. The van der Waals surface area contributed by atoms with Crippen molar-refractivity contribution in [2.45, 2.75) is 35.4 Å². The number of ether oxygens (including phenoxy) is 3. The third-order valence-corrected chi connectivity index (χ3v) is 8.62. The molecule has 0 aliphatic carbocycles. The van der Waals surface area contributed by atoms with Crippen LogP contribution < -0.4 is 9.47 Å².